The lowest BCUT2D eigenvalue weighted by atomic mass is 10.4. The van der Waals surface area contributed by atoms with E-state index in [0.717, 1.165) is 6.54 Å². The van der Waals surface area contributed by atoms with E-state index in [2.05, 4.69) is 5.32 Å². The summed E-state index contributed by atoms with van der Waals surface area (Å²) in [4.78, 5) is 12.8. The predicted octanol–water partition coefficient (Wildman–Crippen LogP) is -0.266. The molecule has 18 heavy (non-hydrogen) atoms. The molecule has 0 heterocycles. The number of hydrogen-bond acceptors (Lipinski definition) is 5. The maximum Gasteiger partial charge on any atom is 0.223 e. The molecule has 0 spiro atoms. The molecule has 6 nitrogen and oxygen atoms in total. The van der Waals surface area contributed by atoms with Crippen molar-refractivity contribution in [3.8, 4) is 0 Å². The summed E-state index contributed by atoms with van der Waals surface area (Å²) in [6, 6.07) is 0. The van der Waals surface area contributed by atoms with Crippen LogP contribution >= 0.6 is 0 Å². The fraction of sp³-hybridized carbons (Fsp3) is 0.917. The Balaban J connectivity index is 3.05. The van der Waals surface area contributed by atoms with E-state index in [1.165, 1.54) is 0 Å². The van der Waals surface area contributed by atoms with Gasteiger partial charge < -0.3 is 24.4 Å². The van der Waals surface area contributed by atoms with E-state index in [9.17, 15) is 4.79 Å². The van der Waals surface area contributed by atoms with E-state index in [4.69, 9.17) is 14.2 Å². The van der Waals surface area contributed by atoms with Gasteiger partial charge in [0.25, 0.3) is 0 Å². The fourth-order valence-electron chi connectivity index (χ4n) is 1.15. The van der Waals surface area contributed by atoms with Crippen molar-refractivity contribution in [2.75, 3.05) is 67.3 Å². The first kappa shape index (κ1) is 17.3. The number of nitrogens with one attached hydrogen (secondary N) is 1. The molecule has 0 unspecified atom stereocenters. The number of carbonyl (C=O) groups is 1. The molecular formula is C12H26N2O4. The summed E-state index contributed by atoms with van der Waals surface area (Å²) in [6.45, 7) is 4.45. The average Bonchev–Trinajstić information content (AvgIpc) is 2.35. The van der Waals surface area contributed by atoms with Crippen molar-refractivity contribution in [2.24, 2.45) is 0 Å². The molecule has 6 heteroatoms. The average molecular weight is 262 g/mol. The van der Waals surface area contributed by atoms with Crippen molar-refractivity contribution in [2.45, 2.75) is 6.42 Å². The van der Waals surface area contributed by atoms with Crippen LogP contribution in [0.3, 0.4) is 0 Å². The lowest BCUT2D eigenvalue weighted by Crippen LogP contribution is -2.28. The van der Waals surface area contributed by atoms with Gasteiger partial charge in [-0.25, -0.2) is 0 Å². The normalized spacial score (nSPS) is 10.6. The van der Waals surface area contributed by atoms with Crippen LogP contribution < -0.4 is 5.32 Å². The standard InChI is InChI=1S/C12H26N2O4/c1-14(2)12(15)4-5-13-6-7-17-10-11-18-9-8-16-3/h13H,4-11H2,1-3H3. The molecule has 0 saturated carbocycles. The van der Waals surface area contributed by atoms with Crippen LogP contribution in [0.15, 0.2) is 0 Å². The van der Waals surface area contributed by atoms with Gasteiger partial charge in [0.15, 0.2) is 0 Å². The van der Waals surface area contributed by atoms with Gasteiger partial charge in [0.05, 0.1) is 33.0 Å². The second kappa shape index (κ2) is 12.8. The van der Waals surface area contributed by atoms with Crippen LogP contribution in [0.2, 0.25) is 0 Å². The Morgan fingerprint density at radius 1 is 1.00 bits per heavy atom. The van der Waals surface area contributed by atoms with Crippen molar-refractivity contribution in [1.29, 1.82) is 0 Å². The molecule has 1 amide bonds. The van der Waals surface area contributed by atoms with Gasteiger partial charge >= 0.3 is 0 Å². The third-order valence-corrected chi connectivity index (χ3v) is 2.24. The fourth-order valence-corrected chi connectivity index (χ4v) is 1.15. The van der Waals surface area contributed by atoms with Crippen molar-refractivity contribution in [1.82, 2.24) is 10.2 Å². The summed E-state index contributed by atoms with van der Waals surface area (Å²) >= 11 is 0. The number of amides is 1. The van der Waals surface area contributed by atoms with E-state index >= 15 is 0 Å². The molecule has 0 aromatic carbocycles. The zero-order valence-electron chi connectivity index (χ0n) is 11.7. The Bertz CT molecular complexity index is 201. The molecule has 0 fully saturated rings. The number of ether oxygens (including phenoxy) is 3. The summed E-state index contributed by atoms with van der Waals surface area (Å²) in [5.41, 5.74) is 0. The van der Waals surface area contributed by atoms with Gasteiger partial charge in [-0.1, -0.05) is 0 Å². The van der Waals surface area contributed by atoms with Crippen molar-refractivity contribution in [3.05, 3.63) is 0 Å². The summed E-state index contributed by atoms with van der Waals surface area (Å²) in [5.74, 6) is 0.134. The highest BCUT2D eigenvalue weighted by Crippen LogP contribution is 1.84. The van der Waals surface area contributed by atoms with Gasteiger partial charge in [0.1, 0.15) is 0 Å². The Labute approximate surface area is 110 Å². The van der Waals surface area contributed by atoms with Crippen LogP contribution in [0.1, 0.15) is 6.42 Å². The van der Waals surface area contributed by atoms with Crippen LogP contribution in [-0.4, -0.2) is 78.1 Å². The molecular weight excluding hydrogens is 236 g/mol. The molecule has 0 aliphatic carbocycles. The highest BCUT2D eigenvalue weighted by molar-refractivity contribution is 5.75. The predicted molar refractivity (Wildman–Crippen MR) is 69.7 cm³/mol. The van der Waals surface area contributed by atoms with Crippen LogP contribution in [0.5, 0.6) is 0 Å². The van der Waals surface area contributed by atoms with Gasteiger partial charge in [-0.15, -0.1) is 0 Å². The molecule has 0 aromatic heterocycles. The maximum absolute atomic E-state index is 11.2. The highest BCUT2D eigenvalue weighted by atomic mass is 16.5. The maximum atomic E-state index is 11.2. The Morgan fingerprint density at radius 2 is 1.61 bits per heavy atom. The third-order valence-electron chi connectivity index (χ3n) is 2.24. The van der Waals surface area contributed by atoms with E-state index in [0.29, 0.717) is 46.0 Å². The van der Waals surface area contributed by atoms with E-state index in [1.54, 1.807) is 26.1 Å². The minimum atomic E-state index is 0.134. The molecule has 108 valence electrons. The first-order valence-electron chi connectivity index (χ1n) is 6.23. The van der Waals surface area contributed by atoms with Crippen molar-refractivity contribution < 1.29 is 19.0 Å². The highest BCUT2D eigenvalue weighted by Gasteiger charge is 2.01. The Morgan fingerprint density at radius 3 is 2.22 bits per heavy atom. The third kappa shape index (κ3) is 11.8. The Kier molecular flexibility index (Phi) is 12.3. The molecule has 0 bridgehead atoms. The lowest BCUT2D eigenvalue weighted by Gasteiger charge is -2.10. The number of methoxy groups -OCH3 is 1. The minimum Gasteiger partial charge on any atom is -0.382 e. The smallest absolute Gasteiger partial charge is 0.223 e. The summed E-state index contributed by atoms with van der Waals surface area (Å²) in [6.07, 6.45) is 0.521. The number of nitrogens with zero attached hydrogens (tertiary/aromatic N) is 1. The van der Waals surface area contributed by atoms with Gasteiger partial charge in [0.2, 0.25) is 5.91 Å². The summed E-state index contributed by atoms with van der Waals surface area (Å²) in [5, 5.41) is 3.15. The second-order valence-corrected chi connectivity index (χ2v) is 4.01. The molecule has 0 saturated heterocycles. The van der Waals surface area contributed by atoms with Crippen LogP contribution in [0.4, 0.5) is 0 Å². The molecule has 0 aliphatic heterocycles. The molecule has 0 aromatic rings. The van der Waals surface area contributed by atoms with Gasteiger partial charge in [-0.05, 0) is 0 Å². The molecule has 1 N–H and O–H groups in total. The van der Waals surface area contributed by atoms with E-state index in [-0.39, 0.29) is 5.91 Å². The topological polar surface area (TPSA) is 60.0 Å². The number of hydrogen-bond donors (Lipinski definition) is 1. The minimum absolute atomic E-state index is 0.134. The van der Waals surface area contributed by atoms with Crippen LogP contribution in [0, 0.1) is 0 Å². The Hall–Kier alpha value is -0.690. The van der Waals surface area contributed by atoms with Crippen LogP contribution in [-0.2, 0) is 19.0 Å². The van der Waals surface area contributed by atoms with E-state index in [1.807, 2.05) is 0 Å². The number of carbonyl (C=O) groups excluding carboxylic acids is 1. The van der Waals surface area contributed by atoms with Crippen molar-refractivity contribution in [3.63, 3.8) is 0 Å². The molecule has 0 atom stereocenters. The largest absolute Gasteiger partial charge is 0.382 e. The lowest BCUT2D eigenvalue weighted by molar-refractivity contribution is -0.128. The summed E-state index contributed by atoms with van der Waals surface area (Å²) < 4.78 is 15.4. The quantitative estimate of drug-likeness (QED) is 0.491. The first-order valence-corrected chi connectivity index (χ1v) is 6.23. The van der Waals surface area contributed by atoms with Crippen LogP contribution in [0.25, 0.3) is 0 Å². The van der Waals surface area contributed by atoms with Crippen molar-refractivity contribution >= 4 is 5.91 Å². The molecule has 0 radical (unpaired) electrons. The zero-order chi connectivity index (χ0) is 13.6. The first-order chi connectivity index (χ1) is 8.68. The zero-order valence-corrected chi connectivity index (χ0v) is 11.7. The van der Waals surface area contributed by atoms with Gasteiger partial charge in [-0.3, -0.25) is 4.79 Å². The summed E-state index contributed by atoms with van der Waals surface area (Å²) in [7, 11) is 5.16. The number of rotatable bonds is 12. The van der Waals surface area contributed by atoms with Gasteiger partial charge in [0, 0.05) is 40.7 Å². The molecule has 0 aliphatic rings. The van der Waals surface area contributed by atoms with E-state index < -0.39 is 0 Å². The second-order valence-electron chi connectivity index (χ2n) is 4.01. The van der Waals surface area contributed by atoms with Gasteiger partial charge in [-0.2, -0.15) is 0 Å². The SMILES string of the molecule is COCCOCCOCCNCCC(=O)N(C)C. The monoisotopic (exact) mass is 262 g/mol. The molecule has 0 rings (SSSR count).